The molecule has 0 spiro atoms. The molecule has 1 aliphatic carbocycles. The van der Waals surface area contributed by atoms with E-state index in [0.717, 1.165) is 6.54 Å². The minimum absolute atomic E-state index is 0.316. The molecule has 15 heavy (non-hydrogen) atoms. The van der Waals surface area contributed by atoms with Gasteiger partial charge in [0, 0.05) is 31.7 Å². The Morgan fingerprint density at radius 2 is 2.00 bits per heavy atom. The third kappa shape index (κ3) is 2.54. The average Bonchev–Trinajstić information content (AvgIpc) is 2.10. The zero-order valence-electron chi connectivity index (χ0n) is 10.6. The van der Waals surface area contributed by atoms with Gasteiger partial charge in [-0.2, -0.15) is 0 Å². The first-order chi connectivity index (χ1) is 7.05. The van der Waals surface area contributed by atoms with Crippen LogP contribution in [0.2, 0.25) is 0 Å². The predicted molar refractivity (Wildman–Crippen MR) is 65.1 cm³/mol. The number of nitrogens with zero attached hydrogens (tertiary/aromatic N) is 1. The van der Waals surface area contributed by atoms with E-state index < -0.39 is 0 Å². The molecule has 2 rings (SSSR count). The van der Waals surface area contributed by atoms with Crippen molar-refractivity contribution < 1.29 is 0 Å². The zero-order chi connectivity index (χ0) is 10.9. The Bertz CT molecular complexity index is 213. The summed E-state index contributed by atoms with van der Waals surface area (Å²) in [4.78, 5) is 2.68. The molecule has 2 heteroatoms. The van der Waals surface area contributed by atoms with Crippen LogP contribution < -0.4 is 5.32 Å². The fraction of sp³-hybridized carbons (Fsp3) is 1.00. The van der Waals surface area contributed by atoms with Crippen molar-refractivity contribution in [1.82, 2.24) is 10.2 Å². The van der Waals surface area contributed by atoms with Crippen molar-refractivity contribution in [1.29, 1.82) is 0 Å². The summed E-state index contributed by atoms with van der Waals surface area (Å²) >= 11 is 0. The molecular weight excluding hydrogens is 184 g/mol. The van der Waals surface area contributed by atoms with Gasteiger partial charge in [-0.25, -0.2) is 0 Å². The lowest BCUT2D eigenvalue weighted by Crippen LogP contribution is -2.59. The van der Waals surface area contributed by atoms with Crippen LogP contribution in [0.3, 0.4) is 0 Å². The molecule has 0 bridgehead atoms. The minimum Gasteiger partial charge on any atom is -0.309 e. The van der Waals surface area contributed by atoms with Gasteiger partial charge in [0.2, 0.25) is 0 Å². The van der Waals surface area contributed by atoms with Crippen molar-refractivity contribution in [2.45, 2.75) is 52.0 Å². The number of nitrogens with one attached hydrogen (secondary N) is 1. The van der Waals surface area contributed by atoms with Crippen molar-refractivity contribution in [3.63, 3.8) is 0 Å². The van der Waals surface area contributed by atoms with Gasteiger partial charge in [0.15, 0.2) is 0 Å². The maximum absolute atomic E-state index is 3.59. The molecule has 1 saturated heterocycles. The highest BCUT2D eigenvalue weighted by Gasteiger charge is 2.38. The summed E-state index contributed by atoms with van der Waals surface area (Å²) in [7, 11) is 0. The highest BCUT2D eigenvalue weighted by atomic mass is 15.2. The number of hydrogen-bond donors (Lipinski definition) is 1. The first kappa shape index (κ1) is 11.4. The summed E-state index contributed by atoms with van der Waals surface area (Å²) in [5.41, 5.74) is 1.00. The Balaban J connectivity index is 1.88. The van der Waals surface area contributed by atoms with Gasteiger partial charge < -0.3 is 5.32 Å². The lowest BCUT2D eigenvalue weighted by molar-refractivity contribution is 0.0370. The second-order valence-electron chi connectivity index (χ2n) is 6.23. The van der Waals surface area contributed by atoms with Gasteiger partial charge in [-0.05, 0) is 38.5 Å². The largest absolute Gasteiger partial charge is 0.309 e. The molecule has 0 aromatic heterocycles. The standard InChI is InChI=1S/C13H26N2/c1-4-13(6-5-7-13)11-15-9-8-14-12(2,3)10-15/h14H,4-11H2,1-3H3. The Hall–Kier alpha value is -0.0800. The van der Waals surface area contributed by atoms with Gasteiger partial charge in [0.25, 0.3) is 0 Å². The van der Waals surface area contributed by atoms with Gasteiger partial charge in [0.05, 0.1) is 0 Å². The molecule has 0 unspecified atom stereocenters. The predicted octanol–water partition coefficient (Wildman–Crippen LogP) is 2.25. The van der Waals surface area contributed by atoms with E-state index in [0.29, 0.717) is 11.0 Å². The SMILES string of the molecule is CCC1(CN2CCNC(C)(C)C2)CCC1. The smallest absolute Gasteiger partial charge is 0.0252 e. The first-order valence-electron chi connectivity index (χ1n) is 6.53. The summed E-state index contributed by atoms with van der Waals surface area (Å²) < 4.78 is 0. The van der Waals surface area contributed by atoms with Gasteiger partial charge >= 0.3 is 0 Å². The average molecular weight is 210 g/mol. The molecule has 0 atom stereocenters. The molecule has 2 fully saturated rings. The molecule has 1 N–H and O–H groups in total. The number of rotatable bonds is 3. The molecule has 88 valence electrons. The van der Waals surface area contributed by atoms with Crippen LogP contribution in [-0.4, -0.2) is 36.6 Å². The highest BCUT2D eigenvalue weighted by molar-refractivity contribution is 4.93. The maximum atomic E-state index is 3.59. The molecule has 1 saturated carbocycles. The summed E-state index contributed by atoms with van der Waals surface area (Å²) in [5, 5.41) is 3.59. The summed E-state index contributed by atoms with van der Waals surface area (Å²) in [6.07, 6.45) is 5.77. The number of hydrogen-bond acceptors (Lipinski definition) is 2. The van der Waals surface area contributed by atoms with Crippen LogP contribution in [0.15, 0.2) is 0 Å². The normalized spacial score (nSPS) is 29.8. The van der Waals surface area contributed by atoms with Gasteiger partial charge in [-0.1, -0.05) is 13.3 Å². The van der Waals surface area contributed by atoms with Crippen molar-refractivity contribution in [3.05, 3.63) is 0 Å². The van der Waals surface area contributed by atoms with E-state index in [2.05, 4.69) is 31.0 Å². The van der Waals surface area contributed by atoms with Gasteiger partial charge in [-0.15, -0.1) is 0 Å². The second-order valence-corrected chi connectivity index (χ2v) is 6.23. The molecule has 0 amide bonds. The Labute approximate surface area is 94.4 Å². The van der Waals surface area contributed by atoms with Gasteiger partial charge in [-0.3, -0.25) is 4.90 Å². The topological polar surface area (TPSA) is 15.3 Å². The van der Waals surface area contributed by atoms with Crippen LogP contribution in [0.4, 0.5) is 0 Å². The molecule has 0 aromatic carbocycles. The maximum Gasteiger partial charge on any atom is 0.0252 e. The molecular formula is C13H26N2. The van der Waals surface area contributed by atoms with Crippen molar-refractivity contribution in [2.75, 3.05) is 26.2 Å². The van der Waals surface area contributed by atoms with Crippen LogP contribution >= 0.6 is 0 Å². The van der Waals surface area contributed by atoms with E-state index in [4.69, 9.17) is 0 Å². The van der Waals surface area contributed by atoms with E-state index in [1.807, 2.05) is 0 Å². The lowest BCUT2D eigenvalue weighted by Gasteiger charge is -2.48. The quantitative estimate of drug-likeness (QED) is 0.768. The number of piperazine rings is 1. The van der Waals surface area contributed by atoms with E-state index in [-0.39, 0.29) is 0 Å². The molecule has 1 aliphatic heterocycles. The van der Waals surface area contributed by atoms with Gasteiger partial charge in [0.1, 0.15) is 0 Å². The van der Waals surface area contributed by atoms with Crippen LogP contribution in [0.1, 0.15) is 46.5 Å². The van der Waals surface area contributed by atoms with E-state index in [1.165, 1.54) is 45.3 Å². The Morgan fingerprint density at radius 3 is 2.47 bits per heavy atom. The first-order valence-corrected chi connectivity index (χ1v) is 6.53. The van der Waals surface area contributed by atoms with E-state index >= 15 is 0 Å². The van der Waals surface area contributed by atoms with Crippen LogP contribution in [0, 0.1) is 5.41 Å². The van der Waals surface area contributed by atoms with Crippen molar-refractivity contribution >= 4 is 0 Å². The van der Waals surface area contributed by atoms with Crippen LogP contribution in [-0.2, 0) is 0 Å². The molecule has 2 nitrogen and oxygen atoms in total. The fourth-order valence-electron chi connectivity index (χ4n) is 3.16. The van der Waals surface area contributed by atoms with Crippen molar-refractivity contribution in [3.8, 4) is 0 Å². The lowest BCUT2D eigenvalue weighted by atomic mass is 9.66. The molecule has 0 radical (unpaired) electrons. The fourth-order valence-corrected chi connectivity index (χ4v) is 3.16. The van der Waals surface area contributed by atoms with E-state index in [9.17, 15) is 0 Å². The molecule has 1 heterocycles. The van der Waals surface area contributed by atoms with E-state index in [1.54, 1.807) is 0 Å². The van der Waals surface area contributed by atoms with Crippen LogP contribution in [0.5, 0.6) is 0 Å². The second kappa shape index (κ2) is 4.06. The molecule has 2 aliphatic rings. The summed E-state index contributed by atoms with van der Waals surface area (Å²) in [5.74, 6) is 0. The third-order valence-corrected chi connectivity index (χ3v) is 4.37. The minimum atomic E-state index is 0.316. The highest BCUT2D eigenvalue weighted by Crippen LogP contribution is 2.44. The zero-order valence-corrected chi connectivity index (χ0v) is 10.6. The monoisotopic (exact) mass is 210 g/mol. The Kier molecular flexibility index (Phi) is 3.09. The van der Waals surface area contributed by atoms with Crippen LogP contribution in [0.25, 0.3) is 0 Å². The third-order valence-electron chi connectivity index (χ3n) is 4.37. The summed E-state index contributed by atoms with van der Waals surface area (Å²) in [6, 6.07) is 0. The van der Waals surface area contributed by atoms with Crippen molar-refractivity contribution in [2.24, 2.45) is 5.41 Å². The summed E-state index contributed by atoms with van der Waals surface area (Å²) in [6.45, 7) is 12.0. The molecule has 0 aromatic rings. The Morgan fingerprint density at radius 1 is 1.27 bits per heavy atom.